The molecule has 1 aromatic carbocycles. The highest BCUT2D eigenvalue weighted by Crippen LogP contribution is 2.49. The number of aromatic nitrogens is 1. The van der Waals surface area contributed by atoms with E-state index in [1.807, 2.05) is 13.0 Å². The Labute approximate surface area is 175 Å². The van der Waals surface area contributed by atoms with E-state index in [9.17, 15) is 9.59 Å². The Morgan fingerprint density at radius 3 is 2.66 bits per heavy atom. The third-order valence-electron chi connectivity index (χ3n) is 5.85. The lowest BCUT2D eigenvalue weighted by atomic mass is 9.77. The predicted octanol–water partition coefficient (Wildman–Crippen LogP) is 4.81. The fourth-order valence-electron chi connectivity index (χ4n) is 4.46. The first-order chi connectivity index (χ1) is 13.6. The molecule has 2 atom stereocenters. The molecule has 0 amide bonds. The Bertz CT molecular complexity index is 1060. The quantitative estimate of drug-likeness (QED) is 0.660. The van der Waals surface area contributed by atoms with Crippen LogP contribution in [-0.4, -0.2) is 23.2 Å². The molecule has 0 saturated carbocycles. The van der Waals surface area contributed by atoms with Crippen LogP contribution in [0.25, 0.3) is 11.3 Å². The van der Waals surface area contributed by atoms with E-state index < -0.39 is 5.97 Å². The van der Waals surface area contributed by atoms with Crippen LogP contribution in [0.2, 0.25) is 5.02 Å². The maximum atomic E-state index is 12.8. The summed E-state index contributed by atoms with van der Waals surface area (Å²) in [5.41, 5.74) is 3.70. The molecule has 2 aliphatic heterocycles. The van der Waals surface area contributed by atoms with Gasteiger partial charge in [-0.05, 0) is 37.3 Å². The van der Waals surface area contributed by atoms with E-state index in [0.717, 1.165) is 35.4 Å². The Morgan fingerprint density at radius 2 is 2.00 bits per heavy atom. The second-order valence-electron chi connectivity index (χ2n) is 8.98. The molecule has 5 nitrogen and oxygen atoms in total. The highest BCUT2D eigenvalue weighted by Gasteiger charge is 2.37. The molecule has 3 heterocycles. The van der Waals surface area contributed by atoms with E-state index in [2.05, 4.69) is 25.3 Å². The maximum Gasteiger partial charge on any atom is 0.343 e. The Morgan fingerprint density at radius 1 is 1.28 bits per heavy atom. The molecule has 1 aromatic heterocycles. The van der Waals surface area contributed by atoms with Gasteiger partial charge in [-0.2, -0.15) is 0 Å². The lowest BCUT2D eigenvalue weighted by Crippen LogP contribution is -2.33. The van der Waals surface area contributed by atoms with Crippen LogP contribution in [0.1, 0.15) is 62.1 Å². The largest absolute Gasteiger partial charge is 0.489 e. The zero-order valence-electron chi connectivity index (χ0n) is 17.5. The molecule has 2 aliphatic rings. The molecule has 154 valence electrons. The molecular formula is C23H26ClNO4. The summed E-state index contributed by atoms with van der Waals surface area (Å²) in [7, 11) is 0. The van der Waals surface area contributed by atoms with Gasteiger partial charge in [0.05, 0.1) is 17.3 Å². The van der Waals surface area contributed by atoms with Gasteiger partial charge in [-0.3, -0.25) is 4.79 Å². The lowest BCUT2D eigenvalue weighted by Gasteiger charge is -2.39. The highest BCUT2D eigenvalue weighted by atomic mass is 35.5. The minimum absolute atomic E-state index is 0.0671. The van der Waals surface area contributed by atoms with E-state index in [4.69, 9.17) is 21.1 Å². The van der Waals surface area contributed by atoms with Crippen molar-refractivity contribution in [1.29, 1.82) is 0 Å². The molecule has 0 bridgehead atoms. The molecule has 0 radical (unpaired) electrons. The molecule has 29 heavy (non-hydrogen) atoms. The van der Waals surface area contributed by atoms with Gasteiger partial charge in [0, 0.05) is 35.9 Å². The van der Waals surface area contributed by atoms with Crippen molar-refractivity contribution < 1.29 is 14.3 Å². The Kier molecular flexibility index (Phi) is 4.77. The van der Waals surface area contributed by atoms with Gasteiger partial charge >= 0.3 is 5.97 Å². The zero-order chi connectivity index (χ0) is 21.1. The van der Waals surface area contributed by atoms with Crippen LogP contribution in [0, 0.1) is 5.41 Å². The average molecular weight is 416 g/mol. The highest BCUT2D eigenvalue weighted by molar-refractivity contribution is 6.32. The number of benzene rings is 1. The molecule has 0 aliphatic carbocycles. The third-order valence-corrected chi connectivity index (χ3v) is 6.13. The van der Waals surface area contributed by atoms with Gasteiger partial charge in [-0.15, -0.1) is 0 Å². The smallest absolute Gasteiger partial charge is 0.343 e. The summed E-state index contributed by atoms with van der Waals surface area (Å²) in [6.45, 7) is 10.5. The van der Waals surface area contributed by atoms with E-state index in [1.54, 1.807) is 19.2 Å². The van der Waals surface area contributed by atoms with Crippen LogP contribution in [0.15, 0.2) is 23.1 Å². The number of fused-ring (bicyclic) bond motifs is 5. The lowest BCUT2D eigenvalue weighted by molar-refractivity contribution is 0.0523. The number of halogens is 1. The fourth-order valence-corrected chi connectivity index (χ4v) is 4.73. The van der Waals surface area contributed by atoms with E-state index in [1.165, 1.54) is 5.56 Å². The number of hydrogen-bond acceptors (Lipinski definition) is 4. The van der Waals surface area contributed by atoms with Crippen molar-refractivity contribution in [2.75, 3.05) is 6.61 Å². The summed E-state index contributed by atoms with van der Waals surface area (Å²) in [6.07, 6.45) is 3.33. The molecule has 0 unspecified atom stereocenters. The Hall–Kier alpha value is -2.27. The van der Waals surface area contributed by atoms with Gasteiger partial charge < -0.3 is 14.0 Å². The summed E-state index contributed by atoms with van der Waals surface area (Å²) in [5, 5.41) is 0.561. The molecule has 0 spiro atoms. The Balaban J connectivity index is 1.98. The molecule has 0 fully saturated rings. The van der Waals surface area contributed by atoms with Crippen LogP contribution in [0.3, 0.4) is 0 Å². The van der Waals surface area contributed by atoms with Crippen molar-refractivity contribution in [3.05, 3.63) is 50.3 Å². The van der Waals surface area contributed by atoms with Gasteiger partial charge in [0.1, 0.15) is 17.4 Å². The number of pyridine rings is 1. The predicted molar refractivity (Wildman–Crippen MR) is 113 cm³/mol. The monoisotopic (exact) mass is 415 g/mol. The van der Waals surface area contributed by atoms with Crippen LogP contribution >= 0.6 is 11.6 Å². The summed E-state index contributed by atoms with van der Waals surface area (Å²) in [6, 6.07) is 3.51. The normalized spacial score (nSPS) is 19.8. The minimum Gasteiger partial charge on any atom is -0.489 e. The third kappa shape index (κ3) is 3.25. The SMILES string of the molecule is CCOC(=O)c1cn2c(cc1=O)-c1cc(Cl)c3c(c1C[C@H]2C(C)(C)C)C[C@H](C)O3. The van der Waals surface area contributed by atoms with Gasteiger partial charge in [0.2, 0.25) is 0 Å². The van der Waals surface area contributed by atoms with E-state index in [0.29, 0.717) is 5.02 Å². The van der Waals surface area contributed by atoms with Crippen LogP contribution < -0.4 is 10.2 Å². The molecule has 4 rings (SSSR count). The van der Waals surface area contributed by atoms with Gasteiger partial charge in [-0.25, -0.2) is 4.79 Å². The number of esters is 1. The van der Waals surface area contributed by atoms with Crippen molar-refractivity contribution in [3.8, 4) is 17.0 Å². The first kappa shape index (κ1) is 20.0. The van der Waals surface area contributed by atoms with Crippen molar-refractivity contribution >= 4 is 17.6 Å². The van der Waals surface area contributed by atoms with Crippen LogP contribution in [-0.2, 0) is 17.6 Å². The van der Waals surface area contributed by atoms with Crippen LogP contribution in [0.4, 0.5) is 0 Å². The second-order valence-corrected chi connectivity index (χ2v) is 9.38. The first-order valence-corrected chi connectivity index (χ1v) is 10.4. The topological polar surface area (TPSA) is 57.5 Å². The summed E-state index contributed by atoms with van der Waals surface area (Å²) in [5.74, 6) is 0.185. The van der Waals surface area contributed by atoms with Crippen molar-refractivity contribution in [2.45, 2.75) is 59.6 Å². The summed E-state index contributed by atoms with van der Waals surface area (Å²) < 4.78 is 13.1. The fraction of sp³-hybridized carbons (Fsp3) is 0.478. The van der Waals surface area contributed by atoms with Gasteiger partial charge in [0.25, 0.3) is 0 Å². The number of rotatable bonds is 2. The van der Waals surface area contributed by atoms with Gasteiger partial charge in [-0.1, -0.05) is 32.4 Å². The standard InChI is InChI=1S/C23H26ClNO4/c1-6-28-22(27)16-11-25-18(10-19(16)26)14-8-17(24)21-15(7-12(2)29-21)13(14)9-20(25)23(3,4)5/h8,10-12,20H,6-7,9H2,1-5H3/t12-,20-/m0/s1. The van der Waals surface area contributed by atoms with Gasteiger partial charge in [0.15, 0.2) is 5.43 Å². The molecule has 0 saturated heterocycles. The number of nitrogens with zero attached hydrogens (tertiary/aromatic N) is 1. The summed E-state index contributed by atoms with van der Waals surface area (Å²) >= 11 is 6.54. The molecule has 0 N–H and O–H groups in total. The van der Waals surface area contributed by atoms with Crippen molar-refractivity contribution in [2.24, 2.45) is 5.41 Å². The molecular weight excluding hydrogens is 390 g/mol. The summed E-state index contributed by atoms with van der Waals surface area (Å²) in [4.78, 5) is 25.1. The molecule has 6 heteroatoms. The van der Waals surface area contributed by atoms with Crippen molar-refractivity contribution in [3.63, 3.8) is 0 Å². The van der Waals surface area contributed by atoms with E-state index >= 15 is 0 Å². The van der Waals surface area contributed by atoms with Crippen molar-refractivity contribution in [1.82, 2.24) is 4.57 Å². The number of ether oxygens (including phenoxy) is 2. The number of hydrogen-bond donors (Lipinski definition) is 0. The number of carbonyl (C=O) groups is 1. The first-order valence-electron chi connectivity index (χ1n) is 10.1. The zero-order valence-corrected chi connectivity index (χ0v) is 18.2. The van der Waals surface area contributed by atoms with E-state index in [-0.39, 0.29) is 35.2 Å². The van der Waals surface area contributed by atoms with Crippen LogP contribution in [0.5, 0.6) is 5.75 Å². The number of carbonyl (C=O) groups excluding carboxylic acids is 1. The average Bonchev–Trinajstić information content (AvgIpc) is 3.02. The maximum absolute atomic E-state index is 12.8. The molecule has 2 aromatic rings. The minimum atomic E-state index is -0.583. The second kappa shape index (κ2) is 6.91.